The number of halogens is 1. The number of hydrogen-bond donors (Lipinski definition) is 0. The number of rotatable bonds is 5. The van der Waals surface area contributed by atoms with Crippen molar-refractivity contribution in [2.75, 3.05) is 42.6 Å². The Morgan fingerprint density at radius 1 is 1.00 bits per heavy atom. The minimum Gasteiger partial charge on any atom is -0.494 e. The average Bonchev–Trinajstić information content (AvgIpc) is 3.15. The molecule has 1 saturated heterocycles. The van der Waals surface area contributed by atoms with Crippen LogP contribution in [0.25, 0.3) is 21.3 Å². The number of ether oxygens (including phenoxy) is 1. The van der Waals surface area contributed by atoms with E-state index in [-0.39, 0.29) is 0 Å². The molecule has 1 aromatic carbocycles. The Labute approximate surface area is 196 Å². The maximum Gasteiger partial charge on any atom is 0.225 e. The molecule has 164 valence electrons. The van der Waals surface area contributed by atoms with Gasteiger partial charge in [0.05, 0.1) is 12.0 Å². The number of fused-ring (bicyclic) bond motifs is 1. The number of nitrogens with zero attached hydrogens (tertiary/aromatic N) is 5. The summed E-state index contributed by atoms with van der Waals surface area (Å²) in [4.78, 5) is 20.5. The predicted molar refractivity (Wildman–Crippen MR) is 132 cm³/mol. The summed E-state index contributed by atoms with van der Waals surface area (Å²) in [6.45, 7) is 8.22. The molecule has 5 rings (SSSR count). The van der Waals surface area contributed by atoms with Crippen LogP contribution in [-0.2, 0) is 0 Å². The molecule has 6 nitrogen and oxygen atoms in total. The van der Waals surface area contributed by atoms with Gasteiger partial charge < -0.3 is 14.5 Å². The van der Waals surface area contributed by atoms with E-state index in [0.717, 1.165) is 59.3 Å². The Kier molecular flexibility index (Phi) is 5.85. The third-order valence-electron chi connectivity index (χ3n) is 5.69. The fourth-order valence-corrected chi connectivity index (χ4v) is 5.47. The van der Waals surface area contributed by atoms with Crippen LogP contribution >= 0.6 is 22.9 Å². The van der Waals surface area contributed by atoms with Gasteiger partial charge in [-0.15, -0.1) is 11.3 Å². The van der Waals surface area contributed by atoms with Gasteiger partial charge in [-0.2, -0.15) is 4.98 Å². The Bertz CT molecular complexity index is 1220. The summed E-state index contributed by atoms with van der Waals surface area (Å²) in [5, 5.41) is 1.37. The molecule has 1 fully saturated rings. The highest BCUT2D eigenvalue weighted by Crippen LogP contribution is 2.42. The second kappa shape index (κ2) is 8.92. The van der Waals surface area contributed by atoms with E-state index in [1.54, 1.807) is 11.3 Å². The first-order valence-corrected chi connectivity index (χ1v) is 11.9. The van der Waals surface area contributed by atoms with E-state index in [2.05, 4.69) is 44.9 Å². The largest absolute Gasteiger partial charge is 0.494 e. The second-order valence-corrected chi connectivity index (χ2v) is 9.19. The lowest BCUT2D eigenvalue weighted by atomic mass is 10.0. The van der Waals surface area contributed by atoms with Crippen LogP contribution in [0.1, 0.15) is 11.8 Å². The van der Waals surface area contributed by atoms with Crippen molar-refractivity contribution in [1.82, 2.24) is 15.0 Å². The van der Waals surface area contributed by atoms with E-state index in [9.17, 15) is 0 Å². The normalized spacial score (nSPS) is 14.2. The van der Waals surface area contributed by atoms with Gasteiger partial charge in [-0.05, 0) is 55.3 Å². The maximum atomic E-state index is 6.35. The molecule has 1 aliphatic heterocycles. The minimum atomic E-state index is 0.291. The molecule has 1 aliphatic rings. The summed E-state index contributed by atoms with van der Waals surface area (Å²) in [6.07, 6.45) is 1.84. The average molecular weight is 466 g/mol. The molecule has 4 heterocycles. The lowest BCUT2D eigenvalue weighted by Crippen LogP contribution is -2.47. The Morgan fingerprint density at radius 3 is 2.44 bits per heavy atom. The fraction of sp³-hybridized carbons (Fsp3) is 0.292. The smallest absolute Gasteiger partial charge is 0.225 e. The van der Waals surface area contributed by atoms with Crippen LogP contribution in [0.4, 0.5) is 11.6 Å². The summed E-state index contributed by atoms with van der Waals surface area (Å²) in [5.41, 5.74) is 2.31. The minimum absolute atomic E-state index is 0.291. The van der Waals surface area contributed by atoms with Crippen LogP contribution < -0.4 is 14.5 Å². The standard InChI is InChI=1S/C24H24ClN5OS/c1-3-31-18-9-7-17(8-10-18)20-16(2)32-23-21(20)22(27-24(25)28-23)30-14-12-29(13-15-30)19-6-4-5-11-26-19/h4-11H,3,12-15H2,1-2H3. The van der Waals surface area contributed by atoms with Gasteiger partial charge in [-0.25, -0.2) is 9.97 Å². The molecular formula is C24H24ClN5OS. The van der Waals surface area contributed by atoms with E-state index in [1.807, 2.05) is 37.4 Å². The first kappa shape index (κ1) is 21.0. The highest BCUT2D eigenvalue weighted by molar-refractivity contribution is 7.19. The van der Waals surface area contributed by atoms with Crippen LogP contribution in [0.15, 0.2) is 48.7 Å². The maximum absolute atomic E-state index is 6.35. The van der Waals surface area contributed by atoms with E-state index in [0.29, 0.717) is 11.9 Å². The number of aromatic nitrogens is 3. The van der Waals surface area contributed by atoms with Gasteiger partial charge in [0, 0.05) is 42.8 Å². The number of pyridine rings is 1. The zero-order valence-electron chi connectivity index (χ0n) is 18.1. The highest BCUT2D eigenvalue weighted by Gasteiger charge is 2.25. The SMILES string of the molecule is CCOc1ccc(-c2c(C)sc3nc(Cl)nc(N4CCN(c5ccccn5)CC4)c23)cc1. The third-order valence-corrected chi connectivity index (χ3v) is 6.86. The molecular weight excluding hydrogens is 442 g/mol. The molecule has 0 spiro atoms. The second-order valence-electron chi connectivity index (χ2n) is 7.65. The van der Waals surface area contributed by atoms with Crippen molar-refractivity contribution < 1.29 is 4.74 Å². The van der Waals surface area contributed by atoms with Gasteiger partial charge in [0.1, 0.15) is 22.2 Å². The van der Waals surface area contributed by atoms with Gasteiger partial charge in [-0.1, -0.05) is 18.2 Å². The van der Waals surface area contributed by atoms with Crippen LogP contribution in [0.5, 0.6) is 5.75 Å². The van der Waals surface area contributed by atoms with Crippen LogP contribution in [0.2, 0.25) is 5.28 Å². The van der Waals surface area contributed by atoms with Crippen molar-refractivity contribution in [3.8, 4) is 16.9 Å². The quantitative estimate of drug-likeness (QED) is 0.366. The first-order chi connectivity index (χ1) is 15.6. The van der Waals surface area contributed by atoms with Gasteiger partial charge in [0.2, 0.25) is 5.28 Å². The molecule has 8 heteroatoms. The zero-order valence-corrected chi connectivity index (χ0v) is 19.7. The van der Waals surface area contributed by atoms with E-state index in [1.165, 1.54) is 10.4 Å². The summed E-state index contributed by atoms with van der Waals surface area (Å²) >= 11 is 8.02. The Hall–Kier alpha value is -2.90. The number of hydrogen-bond acceptors (Lipinski definition) is 7. The fourth-order valence-electron chi connectivity index (χ4n) is 4.22. The lowest BCUT2D eigenvalue weighted by molar-refractivity contribution is 0.340. The molecule has 0 atom stereocenters. The number of anilines is 2. The van der Waals surface area contributed by atoms with Crippen molar-refractivity contribution >= 4 is 44.8 Å². The third kappa shape index (κ3) is 3.98. The van der Waals surface area contributed by atoms with E-state index < -0.39 is 0 Å². The van der Waals surface area contributed by atoms with Crippen molar-refractivity contribution in [2.24, 2.45) is 0 Å². The van der Waals surface area contributed by atoms with E-state index in [4.69, 9.17) is 21.3 Å². The van der Waals surface area contributed by atoms with Crippen LogP contribution in [0.3, 0.4) is 0 Å². The predicted octanol–water partition coefficient (Wildman–Crippen LogP) is 5.44. The van der Waals surface area contributed by atoms with Crippen LogP contribution in [-0.4, -0.2) is 47.7 Å². The van der Waals surface area contributed by atoms with Gasteiger partial charge >= 0.3 is 0 Å². The van der Waals surface area contributed by atoms with Gasteiger partial charge in [-0.3, -0.25) is 0 Å². The summed E-state index contributed by atoms with van der Waals surface area (Å²) in [6, 6.07) is 14.3. The monoisotopic (exact) mass is 465 g/mol. The Morgan fingerprint density at radius 2 is 1.75 bits per heavy atom. The zero-order chi connectivity index (χ0) is 22.1. The molecule has 0 N–H and O–H groups in total. The molecule has 0 aliphatic carbocycles. The van der Waals surface area contributed by atoms with Gasteiger partial charge in [0.25, 0.3) is 0 Å². The van der Waals surface area contributed by atoms with Crippen molar-refractivity contribution in [3.63, 3.8) is 0 Å². The highest BCUT2D eigenvalue weighted by atomic mass is 35.5. The molecule has 32 heavy (non-hydrogen) atoms. The van der Waals surface area contributed by atoms with Crippen molar-refractivity contribution in [3.05, 3.63) is 58.8 Å². The number of benzene rings is 1. The number of thiophene rings is 1. The molecule has 3 aromatic heterocycles. The lowest BCUT2D eigenvalue weighted by Gasteiger charge is -2.36. The van der Waals surface area contributed by atoms with Crippen LogP contribution in [0, 0.1) is 6.92 Å². The van der Waals surface area contributed by atoms with Crippen molar-refractivity contribution in [2.45, 2.75) is 13.8 Å². The molecule has 0 amide bonds. The summed E-state index contributed by atoms with van der Waals surface area (Å²) in [5.74, 6) is 2.80. The summed E-state index contributed by atoms with van der Waals surface area (Å²) in [7, 11) is 0. The Balaban J connectivity index is 1.51. The van der Waals surface area contributed by atoms with E-state index >= 15 is 0 Å². The summed E-state index contributed by atoms with van der Waals surface area (Å²) < 4.78 is 5.62. The molecule has 4 aromatic rings. The van der Waals surface area contributed by atoms with Crippen molar-refractivity contribution in [1.29, 1.82) is 0 Å². The molecule has 0 bridgehead atoms. The first-order valence-electron chi connectivity index (χ1n) is 10.7. The number of aryl methyl sites for hydroxylation is 1. The van der Waals surface area contributed by atoms with Gasteiger partial charge in [0.15, 0.2) is 0 Å². The topological polar surface area (TPSA) is 54.4 Å². The number of piperazine rings is 1. The molecule has 0 unspecified atom stereocenters. The molecule has 0 saturated carbocycles. The molecule has 0 radical (unpaired) electrons.